The van der Waals surface area contributed by atoms with Crippen LogP contribution in [0.25, 0.3) is 11.5 Å². The van der Waals surface area contributed by atoms with Crippen LogP contribution in [0.3, 0.4) is 0 Å². The molecule has 2 aromatic heterocycles. The van der Waals surface area contributed by atoms with Gasteiger partial charge in [0.2, 0.25) is 5.91 Å². The summed E-state index contributed by atoms with van der Waals surface area (Å²) in [5, 5.41) is 4.22. The van der Waals surface area contributed by atoms with Crippen molar-refractivity contribution >= 4 is 11.6 Å². The van der Waals surface area contributed by atoms with Crippen molar-refractivity contribution in [3.63, 3.8) is 0 Å². The minimum Gasteiger partial charge on any atom is -0.463 e. The molecule has 1 fully saturated rings. The molecule has 2 N–H and O–H groups in total. The number of amides is 1. The van der Waals surface area contributed by atoms with Crippen molar-refractivity contribution < 1.29 is 9.21 Å². The van der Waals surface area contributed by atoms with Gasteiger partial charge in [-0.15, -0.1) is 0 Å². The van der Waals surface area contributed by atoms with Crippen LogP contribution >= 0.6 is 0 Å². The van der Waals surface area contributed by atoms with Gasteiger partial charge in [-0.3, -0.25) is 9.59 Å². The predicted octanol–water partition coefficient (Wildman–Crippen LogP) is 1.49. The van der Waals surface area contributed by atoms with E-state index in [0.29, 0.717) is 11.5 Å². The zero-order chi connectivity index (χ0) is 16.4. The normalized spacial score (nSPS) is 18.1. The molecule has 0 aromatic carbocycles. The van der Waals surface area contributed by atoms with Crippen molar-refractivity contribution in [1.82, 2.24) is 14.7 Å². The van der Waals surface area contributed by atoms with Gasteiger partial charge in [-0.25, -0.2) is 4.68 Å². The summed E-state index contributed by atoms with van der Waals surface area (Å²) in [5.41, 5.74) is 5.79. The molecule has 23 heavy (non-hydrogen) atoms. The van der Waals surface area contributed by atoms with Gasteiger partial charge in [0, 0.05) is 12.6 Å². The Balaban J connectivity index is 1.87. The third-order valence-corrected chi connectivity index (χ3v) is 4.18. The summed E-state index contributed by atoms with van der Waals surface area (Å²) >= 11 is 0. The Morgan fingerprint density at radius 3 is 3.00 bits per heavy atom. The lowest BCUT2D eigenvalue weighted by atomic mass is 10.0. The van der Waals surface area contributed by atoms with E-state index in [1.165, 1.54) is 12.3 Å². The van der Waals surface area contributed by atoms with Gasteiger partial charge in [-0.05, 0) is 44.4 Å². The van der Waals surface area contributed by atoms with Crippen LogP contribution in [-0.2, 0) is 11.3 Å². The summed E-state index contributed by atoms with van der Waals surface area (Å²) in [7, 11) is 0. The summed E-state index contributed by atoms with van der Waals surface area (Å²) < 4.78 is 6.40. The number of anilines is 1. The van der Waals surface area contributed by atoms with Crippen LogP contribution in [0.2, 0.25) is 0 Å². The van der Waals surface area contributed by atoms with Crippen LogP contribution in [0.15, 0.2) is 33.7 Å². The van der Waals surface area contributed by atoms with Gasteiger partial charge in [0.25, 0.3) is 5.56 Å². The lowest BCUT2D eigenvalue weighted by molar-refractivity contribution is -0.135. The zero-order valence-electron chi connectivity index (χ0n) is 13.1. The largest absolute Gasteiger partial charge is 0.463 e. The first kappa shape index (κ1) is 15.3. The second-order valence-electron chi connectivity index (χ2n) is 5.86. The van der Waals surface area contributed by atoms with Crippen LogP contribution in [0.5, 0.6) is 0 Å². The van der Waals surface area contributed by atoms with Gasteiger partial charge in [-0.2, -0.15) is 5.10 Å². The topological polar surface area (TPSA) is 94.4 Å². The van der Waals surface area contributed by atoms with E-state index in [1.54, 1.807) is 12.1 Å². The van der Waals surface area contributed by atoms with Crippen LogP contribution < -0.4 is 11.3 Å². The summed E-state index contributed by atoms with van der Waals surface area (Å²) in [4.78, 5) is 26.5. The molecule has 0 bridgehead atoms. The number of furan rings is 1. The molecule has 0 spiro atoms. The number of carbonyl (C=O) groups is 1. The van der Waals surface area contributed by atoms with Crippen LogP contribution in [0.1, 0.15) is 26.2 Å². The van der Waals surface area contributed by atoms with Gasteiger partial charge >= 0.3 is 0 Å². The monoisotopic (exact) mass is 316 g/mol. The Labute approximate surface area is 133 Å². The number of carbonyl (C=O) groups excluding carboxylic acids is 1. The van der Waals surface area contributed by atoms with Crippen LogP contribution in [0.4, 0.5) is 5.69 Å². The minimum absolute atomic E-state index is 0.0471. The van der Waals surface area contributed by atoms with E-state index < -0.39 is 5.56 Å². The van der Waals surface area contributed by atoms with E-state index >= 15 is 0 Å². The Bertz CT molecular complexity index is 751. The molecule has 1 saturated heterocycles. The summed E-state index contributed by atoms with van der Waals surface area (Å²) in [5.74, 6) is 0.395. The number of hydrogen-bond acceptors (Lipinski definition) is 5. The molecule has 7 heteroatoms. The second-order valence-corrected chi connectivity index (χ2v) is 5.86. The lowest BCUT2D eigenvalue weighted by Crippen LogP contribution is -2.45. The molecule has 2 aromatic rings. The lowest BCUT2D eigenvalue weighted by Gasteiger charge is -2.33. The third-order valence-electron chi connectivity index (χ3n) is 4.18. The third kappa shape index (κ3) is 3.13. The number of nitrogen functional groups attached to an aromatic ring is 1. The second kappa shape index (κ2) is 6.28. The fraction of sp³-hybridized carbons (Fsp3) is 0.438. The maximum absolute atomic E-state index is 12.5. The maximum atomic E-state index is 12.5. The predicted molar refractivity (Wildman–Crippen MR) is 85.6 cm³/mol. The van der Waals surface area contributed by atoms with Gasteiger partial charge in [0.05, 0.1) is 6.26 Å². The van der Waals surface area contributed by atoms with Crippen molar-refractivity contribution in [2.24, 2.45) is 0 Å². The first-order chi connectivity index (χ1) is 11.1. The maximum Gasteiger partial charge on any atom is 0.290 e. The molecule has 1 aliphatic heterocycles. The highest BCUT2D eigenvalue weighted by atomic mass is 16.3. The highest BCUT2D eigenvalue weighted by Gasteiger charge is 2.24. The SMILES string of the molecule is C[C@H]1CCCCN1C(=O)Cn1nc(-c2ccco2)cc(N)c1=O. The molecule has 3 heterocycles. The van der Waals surface area contributed by atoms with Gasteiger partial charge in [0.1, 0.15) is 17.9 Å². The van der Waals surface area contributed by atoms with Crippen molar-refractivity contribution in [3.8, 4) is 11.5 Å². The highest BCUT2D eigenvalue weighted by molar-refractivity contribution is 5.76. The minimum atomic E-state index is -0.460. The molecule has 3 rings (SSSR count). The standard InChI is InChI=1S/C16H20N4O3/c1-11-5-2-3-7-19(11)15(21)10-20-16(22)12(17)9-13(18-20)14-6-4-8-23-14/h4,6,8-9,11H,2-3,5,7,10,17H2,1H3/t11-/m0/s1. The van der Waals surface area contributed by atoms with Crippen molar-refractivity contribution in [2.75, 3.05) is 12.3 Å². The van der Waals surface area contributed by atoms with E-state index in [0.717, 1.165) is 30.5 Å². The number of nitrogens with zero attached hydrogens (tertiary/aromatic N) is 3. The van der Waals surface area contributed by atoms with Crippen molar-refractivity contribution in [3.05, 3.63) is 34.8 Å². The van der Waals surface area contributed by atoms with E-state index in [2.05, 4.69) is 5.10 Å². The first-order valence-electron chi connectivity index (χ1n) is 7.77. The first-order valence-corrected chi connectivity index (χ1v) is 7.77. The molecule has 122 valence electrons. The number of piperidine rings is 1. The van der Waals surface area contributed by atoms with E-state index in [4.69, 9.17) is 10.2 Å². The average molecular weight is 316 g/mol. The molecule has 0 unspecified atom stereocenters. The quantitative estimate of drug-likeness (QED) is 0.925. The Hall–Kier alpha value is -2.57. The molecule has 7 nitrogen and oxygen atoms in total. The smallest absolute Gasteiger partial charge is 0.290 e. The number of hydrogen-bond donors (Lipinski definition) is 1. The molecule has 0 saturated carbocycles. The van der Waals surface area contributed by atoms with Crippen molar-refractivity contribution in [2.45, 2.75) is 38.8 Å². The average Bonchev–Trinajstić information content (AvgIpc) is 3.06. The van der Waals surface area contributed by atoms with E-state index in [9.17, 15) is 9.59 Å². The van der Waals surface area contributed by atoms with Crippen LogP contribution in [0, 0.1) is 0 Å². The number of nitrogens with two attached hydrogens (primary N) is 1. The molecule has 1 aliphatic rings. The van der Waals surface area contributed by atoms with E-state index in [1.807, 2.05) is 11.8 Å². The van der Waals surface area contributed by atoms with Gasteiger partial charge in [-0.1, -0.05) is 0 Å². The number of rotatable bonds is 3. The summed E-state index contributed by atoms with van der Waals surface area (Å²) in [6, 6.07) is 5.11. The van der Waals surface area contributed by atoms with Gasteiger partial charge in [0.15, 0.2) is 5.76 Å². The summed E-state index contributed by atoms with van der Waals surface area (Å²) in [6.45, 7) is 2.64. The summed E-state index contributed by atoms with van der Waals surface area (Å²) in [6.07, 6.45) is 4.63. The van der Waals surface area contributed by atoms with Crippen LogP contribution in [-0.4, -0.2) is 33.2 Å². The Kier molecular flexibility index (Phi) is 4.18. The van der Waals surface area contributed by atoms with E-state index in [-0.39, 0.29) is 24.2 Å². The highest BCUT2D eigenvalue weighted by Crippen LogP contribution is 2.19. The molecule has 1 amide bonds. The van der Waals surface area contributed by atoms with Gasteiger partial charge < -0.3 is 15.1 Å². The molecular weight excluding hydrogens is 296 g/mol. The number of likely N-dealkylation sites (tertiary alicyclic amines) is 1. The fourth-order valence-corrected chi connectivity index (χ4v) is 2.90. The molecule has 0 aliphatic carbocycles. The fourth-order valence-electron chi connectivity index (χ4n) is 2.90. The van der Waals surface area contributed by atoms with Crippen molar-refractivity contribution in [1.29, 1.82) is 0 Å². The Morgan fingerprint density at radius 1 is 1.48 bits per heavy atom. The zero-order valence-corrected chi connectivity index (χ0v) is 13.1. The number of aromatic nitrogens is 2. The Morgan fingerprint density at radius 2 is 2.30 bits per heavy atom. The molecular formula is C16H20N4O3. The molecule has 0 radical (unpaired) electrons. The molecule has 1 atom stereocenters.